The Morgan fingerprint density at radius 2 is 1.90 bits per heavy atom. The third-order valence-corrected chi connectivity index (χ3v) is 6.83. The first-order chi connectivity index (χ1) is 14.8. The van der Waals surface area contributed by atoms with Crippen molar-refractivity contribution in [1.82, 2.24) is 0 Å². The number of anilines is 1. The van der Waals surface area contributed by atoms with Crippen molar-refractivity contribution >= 4 is 11.7 Å². The Labute approximate surface area is 178 Å². The van der Waals surface area contributed by atoms with E-state index in [9.17, 15) is 13.6 Å². The molecule has 0 radical (unpaired) electrons. The van der Waals surface area contributed by atoms with E-state index in [1.165, 1.54) is 6.07 Å². The molecule has 0 aromatic heterocycles. The van der Waals surface area contributed by atoms with Crippen molar-refractivity contribution in [1.29, 1.82) is 0 Å². The number of halogens is 3. The summed E-state index contributed by atoms with van der Waals surface area (Å²) in [7, 11) is 0. The number of carboxylic acid groups (broad SMARTS) is 1. The zero-order valence-electron chi connectivity index (χ0n) is 17.2. The largest absolute Gasteiger partial charge is 0.490 e. The van der Waals surface area contributed by atoms with Gasteiger partial charge in [0, 0.05) is 31.1 Å². The Morgan fingerprint density at radius 3 is 2.58 bits per heavy atom. The van der Waals surface area contributed by atoms with Crippen LogP contribution in [0.15, 0.2) is 24.3 Å². The lowest BCUT2D eigenvalue weighted by Gasteiger charge is -2.34. The molecule has 1 aliphatic heterocycles. The maximum Gasteiger partial charge on any atom is 0.307 e. The van der Waals surface area contributed by atoms with E-state index >= 15 is 4.39 Å². The van der Waals surface area contributed by atoms with E-state index in [1.54, 1.807) is 17.0 Å². The van der Waals surface area contributed by atoms with Gasteiger partial charge in [-0.25, -0.2) is 13.2 Å². The third kappa shape index (κ3) is 3.64. The molecule has 1 heterocycles. The lowest BCUT2D eigenvalue weighted by atomic mass is 9.84. The quantitative estimate of drug-likeness (QED) is 0.721. The molecule has 2 atom stereocenters. The van der Waals surface area contributed by atoms with Gasteiger partial charge in [0.05, 0.1) is 17.7 Å². The molecule has 164 valence electrons. The minimum atomic E-state index is -0.958. The molecule has 2 aromatic rings. The lowest BCUT2D eigenvalue weighted by Crippen LogP contribution is -2.33. The van der Waals surface area contributed by atoms with Crippen LogP contribution in [0.3, 0.4) is 0 Å². The number of aliphatic carboxylic acids is 1. The second kappa shape index (κ2) is 7.46. The molecule has 31 heavy (non-hydrogen) atoms. The molecular formula is C24H24F3NO3. The molecule has 5 rings (SSSR count). The van der Waals surface area contributed by atoms with Gasteiger partial charge in [0.1, 0.15) is 11.6 Å². The first kappa shape index (κ1) is 20.2. The number of fused-ring (bicyclic) bond motifs is 1. The van der Waals surface area contributed by atoms with Crippen LogP contribution >= 0.6 is 0 Å². The molecule has 2 saturated carbocycles. The third-order valence-electron chi connectivity index (χ3n) is 6.83. The van der Waals surface area contributed by atoms with Gasteiger partial charge in [-0.3, -0.25) is 4.79 Å². The van der Waals surface area contributed by atoms with E-state index in [0.29, 0.717) is 47.7 Å². The molecular weight excluding hydrogens is 407 g/mol. The summed E-state index contributed by atoms with van der Waals surface area (Å²) >= 11 is 0. The maximum absolute atomic E-state index is 15.1. The Bertz CT molecular complexity index is 1050. The summed E-state index contributed by atoms with van der Waals surface area (Å²) in [5.41, 5.74) is 1.81. The Balaban J connectivity index is 1.37. The van der Waals surface area contributed by atoms with Gasteiger partial charge in [-0.15, -0.1) is 0 Å². The van der Waals surface area contributed by atoms with Crippen LogP contribution in [0, 0.1) is 29.3 Å². The average molecular weight is 431 g/mol. The van der Waals surface area contributed by atoms with Crippen molar-refractivity contribution in [2.24, 2.45) is 11.8 Å². The number of rotatable bonds is 5. The molecule has 1 N–H and O–H groups in total. The molecule has 7 heteroatoms. The normalized spacial score (nSPS) is 26.8. The molecule has 2 aromatic carbocycles. The summed E-state index contributed by atoms with van der Waals surface area (Å²) < 4.78 is 49.8. The van der Waals surface area contributed by atoms with Gasteiger partial charge in [0.25, 0.3) is 0 Å². The van der Waals surface area contributed by atoms with Gasteiger partial charge in [0.2, 0.25) is 0 Å². The van der Waals surface area contributed by atoms with Crippen molar-refractivity contribution in [2.75, 3.05) is 11.4 Å². The SMILES string of the molecule is CC1CC(Oc2cc(F)c(F)c(N3CCc4c(ccc([C@@H]5C[C@H]5C(=O)O)c4F)C3)c2)C1. The highest BCUT2D eigenvalue weighted by molar-refractivity contribution is 5.75. The number of hydrogen-bond donors (Lipinski definition) is 1. The fourth-order valence-corrected chi connectivity index (χ4v) is 4.90. The van der Waals surface area contributed by atoms with Crippen LogP contribution in [0.5, 0.6) is 5.75 Å². The summed E-state index contributed by atoms with van der Waals surface area (Å²) in [6.45, 7) is 2.71. The highest BCUT2D eigenvalue weighted by Gasteiger charge is 2.46. The summed E-state index contributed by atoms with van der Waals surface area (Å²) in [4.78, 5) is 12.8. The number of ether oxygens (including phenoxy) is 1. The summed E-state index contributed by atoms with van der Waals surface area (Å²) in [6, 6.07) is 6.03. The summed E-state index contributed by atoms with van der Waals surface area (Å²) in [5, 5.41) is 9.13. The van der Waals surface area contributed by atoms with Crippen LogP contribution < -0.4 is 9.64 Å². The number of carboxylic acids is 1. The molecule has 0 bridgehead atoms. The van der Waals surface area contributed by atoms with Gasteiger partial charge in [-0.05, 0) is 48.3 Å². The second-order valence-electron chi connectivity index (χ2n) is 9.12. The number of benzene rings is 2. The van der Waals surface area contributed by atoms with Crippen LogP contribution in [0.25, 0.3) is 0 Å². The fraction of sp³-hybridized carbons (Fsp3) is 0.458. The predicted molar refractivity (Wildman–Crippen MR) is 109 cm³/mol. The minimum Gasteiger partial charge on any atom is -0.490 e. The Hall–Kier alpha value is -2.70. The monoisotopic (exact) mass is 431 g/mol. The Kier molecular flexibility index (Phi) is 4.87. The maximum atomic E-state index is 15.1. The van der Waals surface area contributed by atoms with E-state index in [4.69, 9.17) is 9.84 Å². The first-order valence-electron chi connectivity index (χ1n) is 10.8. The zero-order chi connectivity index (χ0) is 21.9. The van der Waals surface area contributed by atoms with Gasteiger partial charge >= 0.3 is 5.97 Å². The van der Waals surface area contributed by atoms with Crippen LogP contribution in [0.4, 0.5) is 18.9 Å². The van der Waals surface area contributed by atoms with Gasteiger partial charge in [-0.2, -0.15) is 0 Å². The van der Waals surface area contributed by atoms with Crippen molar-refractivity contribution in [3.63, 3.8) is 0 Å². The van der Waals surface area contributed by atoms with Gasteiger partial charge < -0.3 is 14.7 Å². The lowest BCUT2D eigenvalue weighted by molar-refractivity contribution is -0.138. The molecule has 2 aliphatic carbocycles. The summed E-state index contributed by atoms with van der Waals surface area (Å²) in [5.74, 6) is -3.06. The van der Waals surface area contributed by atoms with Crippen molar-refractivity contribution < 1.29 is 27.8 Å². The molecule has 0 amide bonds. The van der Waals surface area contributed by atoms with Crippen LogP contribution in [-0.2, 0) is 17.8 Å². The van der Waals surface area contributed by atoms with Crippen LogP contribution in [-0.4, -0.2) is 23.7 Å². The minimum absolute atomic E-state index is 0.0272. The number of nitrogens with zero attached hydrogens (tertiary/aromatic N) is 1. The topological polar surface area (TPSA) is 49.8 Å². The first-order valence-corrected chi connectivity index (χ1v) is 10.8. The average Bonchev–Trinajstić information content (AvgIpc) is 3.50. The molecule has 0 spiro atoms. The van der Waals surface area contributed by atoms with Crippen LogP contribution in [0.1, 0.15) is 48.8 Å². The number of hydrogen-bond acceptors (Lipinski definition) is 3. The standard InChI is InChI=1S/C24H24F3NO3/c1-12-6-14(7-12)31-15-8-20(25)23(27)21(9-15)28-5-4-16-13(11-28)2-3-17(22(16)26)18-10-19(18)24(29)30/h2-3,8-9,12,14,18-19H,4-7,10-11H2,1H3,(H,29,30)/t12?,14?,18-,19+/m0/s1. The molecule has 2 fully saturated rings. The fourth-order valence-electron chi connectivity index (χ4n) is 4.90. The highest BCUT2D eigenvalue weighted by atomic mass is 19.2. The van der Waals surface area contributed by atoms with Gasteiger partial charge in [0.15, 0.2) is 11.6 Å². The van der Waals surface area contributed by atoms with Crippen molar-refractivity contribution in [3.05, 3.63) is 58.4 Å². The second-order valence-corrected chi connectivity index (χ2v) is 9.12. The molecule has 0 saturated heterocycles. The number of carbonyl (C=O) groups is 1. The van der Waals surface area contributed by atoms with Crippen molar-refractivity contribution in [2.45, 2.75) is 51.2 Å². The Morgan fingerprint density at radius 1 is 1.13 bits per heavy atom. The van der Waals surface area contributed by atoms with E-state index in [1.807, 2.05) is 0 Å². The van der Waals surface area contributed by atoms with E-state index in [2.05, 4.69) is 6.92 Å². The molecule has 4 nitrogen and oxygen atoms in total. The summed E-state index contributed by atoms with van der Waals surface area (Å²) in [6.07, 6.45) is 2.62. The van der Waals surface area contributed by atoms with E-state index in [-0.39, 0.29) is 30.1 Å². The smallest absolute Gasteiger partial charge is 0.307 e. The van der Waals surface area contributed by atoms with Crippen LogP contribution in [0.2, 0.25) is 0 Å². The highest BCUT2D eigenvalue weighted by Crippen LogP contribution is 2.49. The van der Waals surface area contributed by atoms with Gasteiger partial charge in [-0.1, -0.05) is 19.1 Å². The van der Waals surface area contributed by atoms with Crippen molar-refractivity contribution in [3.8, 4) is 5.75 Å². The van der Waals surface area contributed by atoms with E-state index < -0.39 is 23.5 Å². The van der Waals surface area contributed by atoms with E-state index in [0.717, 1.165) is 18.9 Å². The molecule has 3 aliphatic rings. The molecule has 0 unspecified atom stereocenters. The zero-order valence-corrected chi connectivity index (χ0v) is 17.2. The predicted octanol–water partition coefficient (Wildman–Crippen LogP) is 5.03.